The third-order valence-electron chi connectivity index (χ3n) is 5.52. The fourth-order valence-electron chi connectivity index (χ4n) is 3.53. The number of aromatic carboxylic acids is 1. The maximum Gasteiger partial charge on any atom is 0.490 e. The zero-order chi connectivity index (χ0) is 27.3. The van der Waals surface area contributed by atoms with Gasteiger partial charge in [-0.3, -0.25) is 4.72 Å². The van der Waals surface area contributed by atoms with E-state index in [4.69, 9.17) is 9.90 Å². The van der Waals surface area contributed by atoms with Crippen LogP contribution in [0.3, 0.4) is 0 Å². The summed E-state index contributed by atoms with van der Waals surface area (Å²) in [7, 11) is -3.87. The summed E-state index contributed by atoms with van der Waals surface area (Å²) in [6, 6.07) is 9.84. The van der Waals surface area contributed by atoms with E-state index in [9.17, 15) is 31.5 Å². The van der Waals surface area contributed by atoms with Gasteiger partial charge in [-0.05, 0) is 55.8 Å². The summed E-state index contributed by atoms with van der Waals surface area (Å²) in [6.07, 6.45) is -5.08. The van der Waals surface area contributed by atoms with E-state index < -0.39 is 28.1 Å². The number of benzene rings is 2. The van der Waals surface area contributed by atoms with Gasteiger partial charge in [0.2, 0.25) is 0 Å². The minimum absolute atomic E-state index is 0.0413. The highest BCUT2D eigenvalue weighted by atomic mass is 32.2. The van der Waals surface area contributed by atoms with Crippen molar-refractivity contribution in [2.45, 2.75) is 31.8 Å². The van der Waals surface area contributed by atoms with Crippen molar-refractivity contribution in [3.8, 4) is 0 Å². The minimum Gasteiger partial charge on any atom is -0.478 e. The third kappa shape index (κ3) is 7.59. The van der Waals surface area contributed by atoms with Crippen LogP contribution in [0.25, 0.3) is 0 Å². The van der Waals surface area contributed by atoms with E-state index in [0.717, 1.165) is 38.3 Å². The number of carboxylic acids is 2. The zero-order valence-electron chi connectivity index (χ0n) is 20.0. The van der Waals surface area contributed by atoms with Crippen molar-refractivity contribution in [1.82, 2.24) is 4.90 Å². The number of nitrogens with zero attached hydrogens (tertiary/aromatic N) is 2. The number of likely N-dealkylation sites (N-methyl/N-ethyl adjacent to an activating group) is 1. The number of hydrogen-bond acceptors (Lipinski definition) is 6. The molecule has 0 spiro atoms. The largest absolute Gasteiger partial charge is 0.490 e. The van der Waals surface area contributed by atoms with Crippen molar-refractivity contribution in [2.75, 3.05) is 42.3 Å². The van der Waals surface area contributed by atoms with Gasteiger partial charge in [0, 0.05) is 26.2 Å². The van der Waals surface area contributed by atoms with Crippen LogP contribution in [-0.4, -0.2) is 74.4 Å². The van der Waals surface area contributed by atoms with Crippen LogP contribution in [-0.2, 0) is 14.8 Å². The molecule has 13 heteroatoms. The minimum atomic E-state index is -5.08. The van der Waals surface area contributed by atoms with Crippen molar-refractivity contribution < 1.29 is 41.4 Å². The van der Waals surface area contributed by atoms with E-state index in [-0.39, 0.29) is 16.1 Å². The number of hydrogen-bond donors (Lipinski definition) is 3. The fourth-order valence-corrected chi connectivity index (χ4v) is 4.92. The average Bonchev–Trinajstić information content (AvgIpc) is 2.80. The molecule has 0 bridgehead atoms. The molecular formula is C23H28F3N3O6S. The SMILES string of the molecule is CCN1CCN(c2ccc(C(=O)O)cc2NS(=O)(=O)c2cc(C)ccc2C)CC1.O=C(O)C(F)(F)F. The summed E-state index contributed by atoms with van der Waals surface area (Å²) < 4.78 is 60.6. The van der Waals surface area contributed by atoms with Gasteiger partial charge in [0.25, 0.3) is 10.0 Å². The number of anilines is 2. The highest BCUT2D eigenvalue weighted by molar-refractivity contribution is 7.92. The zero-order valence-corrected chi connectivity index (χ0v) is 20.8. The van der Waals surface area contributed by atoms with Crippen molar-refractivity contribution >= 4 is 33.3 Å². The summed E-state index contributed by atoms with van der Waals surface area (Å²) in [5.74, 6) is -3.85. The molecule has 198 valence electrons. The van der Waals surface area contributed by atoms with Crippen molar-refractivity contribution in [3.63, 3.8) is 0 Å². The molecule has 9 nitrogen and oxygen atoms in total. The van der Waals surface area contributed by atoms with Crippen LogP contribution in [0.15, 0.2) is 41.3 Å². The first-order valence-corrected chi connectivity index (χ1v) is 12.4. The van der Waals surface area contributed by atoms with Crippen molar-refractivity contribution in [1.29, 1.82) is 0 Å². The average molecular weight is 532 g/mol. The topological polar surface area (TPSA) is 127 Å². The summed E-state index contributed by atoms with van der Waals surface area (Å²) in [6.45, 7) is 9.91. The number of rotatable bonds is 6. The van der Waals surface area contributed by atoms with Crippen LogP contribution in [0.4, 0.5) is 24.5 Å². The van der Waals surface area contributed by atoms with E-state index in [1.807, 2.05) is 13.0 Å². The Morgan fingerprint density at radius 2 is 1.58 bits per heavy atom. The van der Waals surface area contributed by atoms with Gasteiger partial charge in [-0.15, -0.1) is 0 Å². The highest BCUT2D eigenvalue weighted by Gasteiger charge is 2.38. The van der Waals surface area contributed by atoms with Crippen molar-refractivity contribution in [3.05, 3.63) is 53.1 Å². The molecule has 0 atom stereocenters. The summed E-state index contributed by atoms with van der Waals surface area (Å²) in [4.78, 5) is 25.0. The summed E-state index contributed by atoms with van der Waals surface area (Å²) >= 11 is 0. The number of sulfonamides is 1. The fraction of sp³-hybridized carbons (Fsp3) is 0.391. The maximum absolute atomic E-state index is 13.1. The van der Waals surface area contributed by atoms with Gasteiger partial charge in [0.1, 0.15) is 0 Å². The van der Waals surface area contributed by atoms with Crippen LogP contribution in [0.1, 0.15) is 28.4 Å². The van der Waals surface area contributed by atoms with E-state index in [0.29, 0.717) is 11.3 Å². The first-order valence-electron chi connectivity index (χ1n) is 10.9. The lowest BCUT2D eigenvalue weighted by Crippen LogP contribution is -2.46. The van der Waals surface area contributed by atoms with Crippen LogP contribution >= 0.6 is 0 Å². The predicted molar refractivity (Wildman–Crippen MR) is 128 cm³/mol. The lowest BCUT2D eigenvalue weighted by atomic mass is 10.1. The van der Waals surface area contributed by atoms with Crippen LogP contribution in [0.5, 0.6) is 0 Å². The van der Waals surface area contributed by atoms with Gasteiger partial charge < -0.3 is 20.0 Å². The molecule has 3 N–H and O–H groups in total. The first kappa shape index (κ1) is 28.9. The van der Waals surface area contributed by atoms with E-state index >= 15 is 0 Å². The highest BCUT2D eigenvalue weighted by Crippen LogP contribution is 2.31. The Kier molecular flexibility index (Phi) is 9.32. The number of carbonyl (C=O) groups is 2. The monoisotopic (exact) mass is 531 g/mol. The Morgan fingerprint density at radius 1 is 1.00 bits per heavy atom. The van der Waals surface area contributed by atoms with Gasteiger partial charge in [-0.1, -0.05) is 19.1 Å². The van der Waals surface area contributed by atoms with E-state index in [1.54, 1.807) is 25.1 Å². The molecule has 2 aromatic carbocycles. The number of carboxylic acid groups (broad SMARTS) is 2. The van der Waals surface area contributed by atoms with Gasteiger partial charge in [-0.25, -0.2) is 18.0 Å². The molecule has 0 aromatic heterocycles. The molecule has 3 rings (SSSR count). The molecule has 0 radical (unpaired) electrons. The number of alkyl halides is 3. The molecule has 1 saturated heterocycles. The first-order chi connectivity index (χ1) is 16.7. The lowest BCUT2D eigenvalue weighted by molar-refractivity contribution is -0.192. The molecule has 0 amide bonds. The van der Waals surface area contributed by atoms with Gasteiger partial charge in [0.05, 0.1) is 21.8 Å². The van der Waals surface area contributed by atoms with Crippen LogP contribution in [0.2, 0.25) is 0 Å². The Balaban J connectivity index is 0.000000572. The van der Waals surface area contributed by atoms with Crippen LogP contribution in [0, 0.1) is 13.8 Å². The maximum atomic E-state index is 13.1. The quantitative estimate of drug-likeness (QED) is 0.516. The van der Waals surface area contributed by atoms with Gasteiger partial charge in [0.15, 0.2) is 0 Å². The third-order valence-corrected chi connectivity index (χ3v) is 7.03. The number of aliphatic carboxylic acids is 1. The Hall–Kier alpha value is -3.32. The Morgan fingerprint density at radius 3 is 2.08 bits per heavy atom. The number of nitrogens with one attached hydrogen (secondary N) is 1. The molecule has 1 fully saturated rings. The van der Waals surface area contributed by atoms with Gasteiger partial charge in [-0.2, -0.15) is 13.2 Å². The molecule has 0 unspecified atom stereocenters. The predicted octanol–water partition coefficient (Wildman–Crippen LogP) is 3.58. The molecule has 1 aliphatic heterocycles. The van der Waals surface area contributed by atoms with E-state index in [1.165, 1.54) is 12.1 Å². The van der Waals surface area contributed by atoms with Crippen molar-refractivity contribution in [2.24, 2.45) is 0 Å². The smallest absolute Gasteiger partial charge is 0.478 e. The number of halogens is 3. The molecule has 1 aliphatic rings. The standard InChI is InChI=1S/C21H27N3O4S.C2HF3O2/c1-4-23-9-11-24(12-10-23)19-8-7-17(21(25)26)14-18(19)22-29(27,28)20-13-15(2)5-6-16(20)3;3-2(4,5)1(6)7/h5-8,13-14,22H,4,9-12H2,1-3H3,(H,25,26);(H,6,7). The van der Waals surface area contributed by atoms with Gasteiger partial charge >= 0.3 is 18.1 Å². The summed E-state index contributed by atoms with van der Waals surface area (Å²) in [5, 5.41) is 16.5. The molecule has 2 aromatic rings. The Labute approximate surface area is 207 Å². The summed E-state index contributed by atoms with van der Waals surface area (Å²) in [5.41, 5.74) is 2.50. The Bertz CT molecular complexity index is 1210. The second-order valence-corrected chi connectivity index (χ2v) is 9.79. The molecule has 36 heavy (non-hydrogen) atoms. The molecule has 0 saturated carbocycles. The second-order valence-electron chi connectivity index (χ2n) is 8.14. The molecule has 1 heterocycles. The van der Waals surface area contributed by atoms with Crippen LogP contribution < -0.4 is 9.62 Å². The molecular weight excluding hydrogens is 503 g/mol. The molecule has 0 aliphatic carbocycles. The number of piperazine rings is 1. The second kappa shape index (κ2) is 11.6. The van der Waals surface area contributed by atoms with E-state index in [2.05, 4.69) is 21.4 Å². The number of aryl methyl sites for hydroxylation is 2. The normalized spacial score (nSPS) is 14.6. The lowest BCUT2D eigenvalue weighted by Gasteiger charge is -2.36.